The molecule has 1 rings (SSSR count). The van der Waals surface area contributed by atoms with Gasteiger partial charge in [-0.15, -0.1) is 11.6 Å². The summed E-state index contributed by atoms with van der Waals surface area (Å²) in [4.78, 5) is 0. The monoisotopic (exact) mass is 258 g/mol. The molecule has 0 aliphatic heterocycles. The Bertz CT molecular complexity index is 363. The van der Waals surface area contributed by atoms with E-state index in [1.54, 1.807) is 21.3 Å². The highest BCUT2D eigenvalue weighted by Gasteiger charge is 2.23. The predicted molar refractivity (Wildman–Crippen MR) is 69.8 cm³/mol. The van der Waals surface area contributed by atoms with Crippen molar-refractivity contribution in [2.75, 3.05) is 27.2 Å². The Morgan fingerprint density at radius 1 is 1.00 bits per heavy atom. The molecule has 0 heterocycles. The van der Waals surface area contributed by atoms with Gasteiger partial charge in [-0.05, 0) is 17.7 Å². The molecule has 0 aliphatic carbocycles. The lowest BCUT2D eigenvalue weighted by Crippen LogP contribution is -2.19. The molecule has 4 heteroatoms. The van der Waals surface area contributed by atoms with Gasteiger partial charge in [0.2, 0.25) is 5.75 Å². The molecular formula is C13H19ClO3. The zero-order valence-corrected chi connectivity index (χ0v) is 11.7. The number of rotatable bonds is 5. The average Bonchev–Trinajstić information content (AvgIpc) is 2.36. The van der Waals surface area contributed by atoms with Crippen molar-refractivity contribution >= 4 is 11.6 Å². The summed E-state index contributed by atoms with van der Waals surface area (Å²) in [6.45, 7) is 4.14. The van der Waals surface area contributed by atoms with Crippen LogP contribution >= 0.6 is 11.6 Å². The number of hydrogen-bond donors (Lipinski definition) is 0. The van der Waals surface area contributed by atoms with Crippen molar-refractivity contribution < 1.29 is 14.2 Å². The number of ether oxygens (including phenoxy) is 3. The maximum absolute atomic E-state index is 5.98. The summed E-state index contributed by atoms with van der Waals surface area (Å²) >= 11 is 5.98. The molecule has 0 saturated heterocycles. The second kappa shape index (κ2) is 5.50. The van der Waals surface area contributed by atoms with Crippen molar-refractivity contribution in [2.24, 2.45) is 0 Å². The highest BCUT2D eigenvalue weighted by molar-refractivity contribution is 6.18. The van der Waals surface area contributed by atoms with Gasteiger partial charge >= 0.3 is 0 Å². The van der Waals surface area contributed by atoms with Gasteiger partial charge in [-0.1, -0.05) is 13.8 Å². The fraction of sp³-hybridized carbons (Fsp3) is 0.538. The lowest BCUT2D eigenvalue weighted by Gasteiger charge is -2.24. The molecule has 0 radical (unpaired) electrons. The lowest BCUT2D eigenvalue weighted by molar-refractivity contribution is 0.322. The molecule has 96 valence electrons. The molecule has 3 nitrogen and oxygen atoms in total. The van der Waals surface area contributed by atoms with E-state index < -0.39 is 0 Å². The number of halogens is 1. The summed E-state index contributed by atoms with van der Waals surface area (Å²) in [5, 5.41) is 0. The van der Waals surface area contributed by atoms with Crippen LogP contribution in [0.1, 0.15) is 19.4 Å². The second-order valence-corrected chi connectivity index (χ2v) is 4.70. The smallest absolute Gasteiger partial charge is 0.203 e. The molecule has 17 heavy (non-hydrogen) atoms. The zero-order valence-electron chi connectivity index (χ0n) is 11.0. The van der Waals surface area contributed by atoms with Gasteiger partial charge in [-0.3, -0.25) is 0 Å². The van der Waals surface area contributed by atoms with Gasteiger partial charge in [0, 0.05) is 11.3 Å². The van der Waals surface area contributed by atoms with E-state index in [1.807, 2.05) is 12.1 Å². The Morgan fingerprint density at radius 3 is 1.76 bits per heavy atom. The molecule has 0 aromatic heterocycles. The Kier molecular flexibility index (Phi) is 4.52. The molecule has 1 aromatic carbocycles. The number of alkyl halides is 1. The van der Waals surface area contributed by atoms with Crippen LogP contribution in [0.3, 0.4) is 0 Å². The first-order valence-electron chi connectivity index (χ1n) is 5.36. The predicted octanol–water partition coefficient (Wildman–Crippen LogP) is 3.23. The molecule has 0 bridgehead atoms. The molecule has 1 aromatic rings. The molecule has 0 N–H and O–H groups in total. The summed E-state index contributed by atoms with van der Waals surface area (Å²) in [5.41, 5.74) is 0.913. The van der Waals surface area contributed by atoms with Crippen molar-refractivity contribution in [3.63, 3.8) is 0 Å². The molecule has 0 saturated carbocycles. The van der Waals surface area contributed by atoms with Crippen molar-refractivity contribution in [2.45, 2.75) is 19.3 Å². The quantitative estimate of drug-likeness (QED) is 0.759. The minimum atomic E-state index is -0.144. The second-order valence-electron chi connectivity index (χ2n) is 4.43. The maximum Gasteiger partial charge on any atom is 0.203 e. The summed E-state index contributed by atoms with van der Waals surface area (Å²) in [6, 6.07) is 3.87. The van der Waals surface area contributed by atoms with E-state index in [1.165, 1.54) is 0 Å². The maximum atomic E-state index is 5.98. The topological polar surface area (TPSA) is 27.7 Å². The summed E-state index contributed by atoms with van der Waals surface area (Å²) in [7, 11) is 4.80. The van der Waals surface area contributed by atoms with E-state index in [9.17, 15) is 0 Å². The SMILES string of the molecule is COc1cc(C(C)(C)CCl)cc(OC)c1OC. The fourth-order valence-electron chi connectivity index (χ4n) is 1.55. The van der Waals surface area contributed by atoms with Gasteiger partial charge < -0.3 is 14.2 Å². The van der Waals surface area contributed by atoms with Crippen LogP contribution in [0.4, 0.5) is 0 Å². The van der Waals surface area contributed by atoms with Gasteiger partial charge in [0.1, 0.15) is 0 Å². The molecule has 0 spiro atoms. The number of methoxy groups -OCH3 is 3. The standard InChI is InChI=1S/C13H19ClO3/c1-13(2,8-14)9-6-10(15-3)12(17-5)11(7-9)16-4/h6-7H,8H2,1-5H3. The molecule has 0 amide bonds. The van der Waals surface area contributed by atoms with Crippen LogP contribution in [0, 0.1) is 0 Å². The Hall–Kier alpha value is -1.09. The van der Waals surface area contributed by atoms with Crippen molar-refractivity contribution in [1.29, 1.82) is 0 Å². The zero-order chi connectivity index (χ0) is 13.1. The van der Waals surface area contributed by atoms with Crippen LogP contribution in [0.5, 0.6) is 17.2 Å². The first-order chi connectivity index (χ1) is 8.00. The number of benzene rings is 1. The van der Waals surface area contributed by atoms with Gasteiger partial charge in [-0.2, -0.15) is 0 Å². The van der Waals surface area contributed by atoms with Crippen molar-refractivity contribution in [3.05, 3.63) is 17.7 Å². The van der Waals surface area contributed by atoms with E-state index in [2.05, 4.69) is 13.8 Å². The normalized spacial score (nSPS) is 11.2. The van der Waals surface area contributed by atoms with Gasteiger partial charge in [0.05, 0.1) is 21.3 Å². The largest absolute Gasteiger partial charge is 0.493 e. The molecule has 0 aliphatic rings. The highest BCUT2D eigenvalue weighted by Crippen LogP contribution is 2.41. The van der Waals surface area contributed by atoms with Crippen molar-refractivity contribution in [1.82, 2.24) is 0 Å². The van der Waals surface area contributed by atoms with Gasteiger partial charge in [0.15, 0.2) is 11.5 Å². The van der Waals surface area contributed by atoms with Crippen molar-refractivity contribution in [3.8, 4) is 17.2 Å². The first-order valence-corrected chi connectivity index (χ1v) is 5.90. The highest BCUT2D eigenvalue weighted by atomic mass is 35.5. The van der Waals surface area contributed by atoms with Crippen LogP contribution in [0.15, 0.2) is 12.1 Å². The van der Waals surface area contributed by atoms with Crippen LogP contribution in [0.2, 0.25) is 0 Å². The third-order valence-corrected chi connectivity index (χ3v) is 3.45. The minimum Gasteiger partial charge on any atom is -0.493 e. The minimum absolute atomic E-state index is 0.144. The molecule has 0 atom stereocenters. The van der Waals surface area contributed by atoms with Crippen LogP contribution in [-0.2, 0) is 5.41 Å². The Morgan fingerprint density at radius 2 is 1.47 bits per heavy atom. The van der Waals surface area contributed by atoms with Gasteiger partial charge in [-0.25, -0.2) is 0 Å². The Labute approximate surface area is 108 Å². The third kappa shape index (κ3) is 2.78. The van der Waals surface area contributed by atoms with Crippen LogP contribution in [0.25, 0.3) is 0 Å². The van der Waals surface area contributed by atoms with Crippen LogP contribution in [-0.4, -0.2) is 27.2 Å². The van der Waals surface area contributed by atoms with Gasteiger partial charge in [0.25, 0.3) is 0 Å². The molecular weight excluding hydrogens is 240 g/mol. The molecule has 0 fully saturated rings. The lowest BCUT2D eigenvalue weighted by atomic mass is 9.86. The van der Waals surface area contributed by atoms with E-state index in [0.29, 0.717) is 23.1 Å². The van der Waals surface area contributed by atoms with E-state index in [4.69, 9.17) is 25.8 Å². The third-order valence-electron chi connectivity index (χ3n) is 2.78. The van der Waals surface area contributed by atoms with E-state index in [-0.39, 0.29) is 5.41 Å². The first kappa shape index (κ1) is 14.0. The summed E-state index contributed by atoms with van der Waals surface area (Å²) in [5.74, 6) is 2.43. The Balaban J connectivity index is 3.37. The van der Waals surface area contributed by atoms with Crippen LogP contribution < -0.4 is 14.2 Å². The fourth-order valence-corrected chi connectivity index (χ4v) is 1.70. The summed E-state index contributed by atoms with van der Waals surface area (Å²) in [6.07, 6.45) is 0. The number of hydrogen-bond acceptors (Lipinski definition) is 3. The molecule has 0 unspecified atom stereocenters. The average molecular weight is 259 g/mol. The summed E-state index contributed by atoms with van der Waals surface area (Å²) < 4.78 is 15.9. The van der Waals surface area contributed by atoms with E-state index in [0.717, 1.165) is 5.56 Å². The van der Waals surface area contributed by atoms with E-state index >= 15 is 0 Å².